The van der Waals surface area contributed by atoms with Crippen LogP contribution in [0.15, 0.2) is 51.9 Å². The number of ether oxygens (including phenoxy) is 3. The van der Waals surface area contributed by atoms with E-state index in [0.29, 0.717) is 0 Å². The van der Waals surface area contributed by atoms with Gasteiger partial charge in [0.15, 0.2) is 0 Å². The number of carbonyl (C=O) groups is 2. The van der Waals surface area contributed by atoms with Gasteiger partial charge in [-0.3, -0.25) is 14.5 Å². The zero-order chi connectivity index (χ0) is 35.7. The standard InChI is InChI=1S/C29H30N2O17/c1-28(2,47-30(39)40)26(37)44-14-7-5-13(6-8-14)16-12-43-24-15(20(16)33)9-10-17(46-27(38)29(3,4)48-31(41)42)19(24)25-23(36)22(35)21(34)18(11-32)45-25/h5-10,12,18,21-23,25,32,34-36H,11H2,1-4H3/t18-,21-,22+,23-,25+/m1/s1. The van der Waals surface area contributed by atoms with Crippen LogP contribution in [0.1, 0.15) is 39.4 Å². The van der Waals surface area contributed by atoms with Gasteiger partial charge in [-0.25, -0.2) is 9.59 Å². The second-order valence-electron chi connectivity index (χ2n) is 11.5. The molecule has 0 bridgehead atoms. The van der Waals surface area contributed by atoms with Gasteiger partial charge in [-0.15, -0.1) is 20.2 Å². The first-order valence-electron chi connectivity index (χ1n) is 14.0. The van der Waals surface area contributed by atoms with Gasteiger partial charge in [0.25, 0.3) is 10.2 Å². The molecule has 1 saturated heterocycles. The van der Waals surface area contributed by atoms with Gasteiger partial charge in [-0.2, -0.15) is 0 Å². The molecule has 4 N–H and O–H groups in total. The Balaban J connectivity index is 1.78. The van der Waals surface area contributed by atoms with E-state index in [9.17, 15) is 55.0 Å². The number of aliphatic hydroxyl groups is 4. The lowest BCUT2D eigenvalue weighted by Gasteiger charge is -2.40. The number of rotatable bonds is 11. The molecule has 0 spiro atoms. The summed E-state index contributed by atoms with van der Waals surface area (Å²) in [5.41, 5.74) is -5.11. The second-order valence-corrected chi connectivity index (χ2v) is 11.5. The normalized spacial score (nSPS) is 21.3. The largest absolute Gasteiger partial charge is 0.463 e. The molecule has 2 heterocycles. The second kappa shape index (κ2) is 13.5. The van der Waals surface area contributed by atoms with Crippen LogP contribution in [-0.4, -0.2) is 84.8 Å². The van der Waals surface area contributed by atoms with Gasteiger partial charge < -0.3 is 39.1 Å². The molecule has 19 heteroatoms. The third-order valence-electron chi connectivity index (χ3n) is 7.28. The first-order valence-corrected chi connectivity index (χ1v) is 14.0. The Morgan fingerprint density at radius 2 is 1.42 bits per heavy atom. The zero-order valence-electron chi connectivity index (χ0n) is 25.6. The van der Waals surface area contributed by atoms with E-state index in [1.54, 1.807) is 0 Å². The number of hydrogen-bond donors (Lipinski definition) is 4. The van der Waals surface area contributed by atoms with E-state index in [2.05, 4.69) is 9.68 Å². The van der Waals surface area contributed by atoms with Crippen molar-refractivity contribution in [2.24, 2.45) is 0 Å². The highest BCUT2D eigenvalue weighted by Crippen LogP contribution is 2.41. The monoisotopic (exact) mass is 678 g/mol. The molecule has 2 aromatic carbocycles. The Morgan fingerprint density at radius 3 is 1.96 bits per heavy atom. The zero-order valence-corrected chi connectivity index (χ0v) is 25.6. The van der Waals surface area contributed by atoms with Gasteiger partial charge in [0.2, 0.25) is 16.6 Å². The van der Waals surface area contributed by atoms with E-state index in [1.807, 2.05) is 0 Å². The summed E-state index contributed by atoms with van der Waals surface area (Å²) < 4.78 is 22.0. The van der Waals surface area contributed by atoms with Crippen LogP contribution in [0, 0.1) is 20.2 Å². The summed E-state index contributed by atoms with van der Waals surface area (Å²) in [6.07, 6.45) is -7.66. The fourth-order valence-electron chi connectivity index (χ4n) is 4.70. The molecule has 0 radical (unpaired) electrons. The molecule has 5 atom stereocenters. The predicted molar refractivity (Wildman–Crippen MR) is 156 cm³/mol. The topological polar surface area (TPSA) is 278 Å². The lowest BCUT2D eigenvalue weighted by molar-refractivity contribution is -0.774. The van der Waals surface area contributed by atoms with E-state index in [-0.39, 0.29) is 33.4 Å². The highest BCUT2D eigenvalue weighted by atomic mass is 17.0. The van der Waals surface area contributed by atoms with E-state index in [4.69, 9.17) is 18.6 Å². The summed E-state index contributed by atoms with van der Waals surface area (Å²) in [4.78, 5) is 69.3. The summed E-state index contributed by atoms with van der Waals surface area (Å²) >= 11 is 0. The average Bonchev–Trinajstić information content (AvgIpc) is 3.00. The Kier molecular flexibility index (Phi) is 10.0. The van der Waals surface area contributed by atoms with Gasteiger partial charge >= 0.3 is 11.9 Å². The van der Waals surface area contributed by atoms with Crippen LogP contribution in [0.5, 0.6) is 11.5 Å². The minimum atomic E-state index is -2.13. The van der Waals surface area contributed by atoms with Gasteiger partial charge in [-0.1, -0.05) is 12.1 Å². The van der Waals surface area contributed by atoms with Crippen LogP contribution in [-0.2, 0) is 24.0 Å². The van der Waals surface area contributed by atoms with Crippen molar-refractivity contribution >= 4 is 22.9 Å². The molecule has 1 aromatic heterocycles. The van der Waals surface area contributed by atoms with Crippen LogP contribution < -0.4 is 14.9 Å². The maximum absolute atomic E-state index is 13.7. The molecule has 1 aliphatic rings. The number of benzene rings is 2. The summed E-state index contributed by atoms with van der Waals surface area (Å²) in [7, 11) is 0. The molecule has 0 saturated carbocycles. The van der Waals surface area contributed by atoms with Crippen molar-refractivity contribution in [3.63, 3.8) is 0 Å². The molecule has 258 valence electrons. The van der Waals surface area contributed by atoms with Crippen molar-refractivity contribution in [2.75, 3.05) is 6.61 Å². The maximum Gasteiger partial charge on any atom is 0.343 e. The molecule has 1 aliphatic heterocycles. The Hall–Kier alpha value is -5.21. The van der Waals surface area contributed by atoms with Crippen molar-refractivity contribution in [3.8, 4) is 22.6 Å². The Bertz CT molecular complexity index is 1780. The number of hydrogen-bond acceptors (Lipinski definition) is 17. The molecule has 19 nitrogen and oxygen atoms in total. The van der Waals surface area contributed by atoms with Crippen molar-refractivity contribution < 1.29 is 68.5 Å². The van der Waals surface area contributed by atoms with Crippen molar-refractivity contribution in [2.45, 2.75) is 69.4 Å². The van der Waals surface area contributed by atoms with Crippen molar-refractivity contribution in [3.05, 3.63) is 78.7 Å². The van der Waals surface area contributed by atoms with Crippen LogP contribution in [0.25, 0.3) is 22.1 Å². The van der Waals surface area contributed by atoms with Crippen LogP contribution in [0.4, 0.5) is 0 Å². The summed E-state index contributed by atoms with van der Waals surface area (Å²) in [5, 5.41) is 60.4. The summed E-state index contributed by atoms with van der Waals surface area (Å²) in [6, 6.07) is 7.67. The molecule has 48 heavy (non-hydrogen) atoms. The molecule has 0 aliphatic carbocycles. The Labute approximate surface area is 269 Å². The number of aliphatic hydroxyl groups excluding tert-OH is 4. The number of nitrogens with zero attached hydrogens (tertiary/aromatic N) is 2. The van der Waals surface area contributed by atoms with Gasteiger partial charge in [0.05, 0.1) is 23.1 Å². The third-order valence-corrected chi connectivity index (χ3v) is 7.28. The maximum atomic E-state index is 13.7. The van der Waals surface area contributed by atoms with Gasteiger partial charge in [0.1, 0.15) is 53.9 Å². The average molecular weight is 679 g/mol. The van der Waals surface area contributed by atoms with E-state index in [1.165, 1.54) is 30.3 Å². The van der Waals surface area contributed by atoms with Gasteiger partial charge in [-0.05, 0) is 57.5 Å². The number of fused-ring (bicyclic) bond motifs is 1. The predicted octanol–water partition coefficient (Wildman–Crippen LogP) is 0.759. The number of carbonyl (C=O) groups excluding carboxylic acids is 2. The quantitative estimate of drug-likeness (QED) is 0.0942. The molecule has 4 rings (SSSR count). The third kappa shape index (κ3) is 7.19. The minimum absolute atomic E-state index is 0.0256. The molecule has 0 unspecified atom stereocenters. The molecular weight excluding hydrogens is 648 g/mol. The lowest BCUT2D eigenvalue weighted by atomic mass is 9.89. The molecular formula is C29H30N2O17. The summed E-state index contributed by atoms with van der Waals surface area (Å²) in [6.45, 7) is 3.56. The molecule has 3 aromatic rings. The number of esters is 2. The van der Waals surface area contributed by atoms with E-state index >= 15 is 0 Å². The van der Waals surface area contributed by atoms with E-state index < -0.39 is 81.6 Å². The first-order chi connectivity index (χ1) is 22.4. The van der Waals surface area contributed by atoms with Crippen LogP contribution >= 0.6 is 0 Å². The van der Waals surface area contributed by atoms with Crippen molar-refractivity contribution in [1.82, 2.24) is 0 Å². The first kappa shape index (κ1) is 35.6. The fraction of sp³-hybridized carbons (Fsp3) is 0.414. The fourth-order valence-corrected chi connectivity index (χ4v) is 4.70. The molecule has 0 amide bonds. The van der Waals surface area contributed by atoms with Crippen LogP contribution in [0.3, 0.4) is 0 Å². The SMILES string of the molecule is CC(C)(O[N+](=O)[O-])C(=O)Oc1ccc(-c2coc3c([C@@H]4O[C@H](CO)[C@@H](O)[C@H](O)[C@H]4O)c(OC(=O)C(C)(C)O[N+](=O)[O-])ccc3c2=O)cc1. The lowest BCUT2D eigenvalue weighted by Crippen LogP contribution is -2.55. The van der Waals surface area contributed by atoms with E-state index in [0.717, 1.165) is 40.0 Å². The summed E-state index contributed by atoms with van der Waals surface area (Å²) in [5.74, 6) is -2.81. The highest BCUT2D eigenvalue weighted by molar-refractivity contribution is 5.88. The minimum Gasteiger partial charge on any atom is -0.463 e. The van der Waals surface area contributed by atoms with Crippen molar-refractivity contribution in [1.29, 1.82) is 0 Å². The van der Waals surface area contributed by atoms with Gasteiger partial charge in [0, 0.05) is 0 Å². The Morgan fingerprint density at radius 1 is 0.854 bits per heavy atom. The smallest absolute Gasteiger partial charge is 0.343 e. The van der Waals surface area contributed by atoms with Crippen LogP contribution in [0.2, 0.25) is 0 Å². The highest BCUT2D eigenvalue weighted by Gasteiger charge is 2.46. The molecule has 1 fully saturated rings.